The standard InChI is InChI=1S/C16H28N2O/c1-14-16(8-11-19-14)13-18(2)10-9-17-12-15-6-4-3-5-7-15/h8,11,15,17H,3-7,9-10,12-13H2,1-2H3. The highest BCUT2D eigenvalue weighted by atomic mass is 16.3. The first-order chi connectivity index (χ1) is 9.25. The molecule has 0 spiro atoms. The minimum Gasteiger partial charge on any atom is -0.469 e. The van der Waals surface area contributed by atoms with Crippen molar-refractivity contribution in [3.8, 4) is 0 Å². The second-order valence-corrected chi connectivity index (χ2v) is 5.95. The molecule has 1 aromatic rings. The first-order valence-corrected chi connectivity index (χ1v) is 7.68. The van der Waals surface area contributed by atoms with Crippen LogP contribution in [0.2, 0.25) is 0 Å². The van der Waals surface area contributed by atoms with Gasteiger partial charge >= 0.3 is 0 Å². The normalized spacial score (nSPS) is 17.2. The van der Waals surface area contributed by atoms with Crippen molar-refractivity contribution in [3.05, 3.63) is 23.7 Å². The van der Waals surface area contributed by atoms with Gasteiger partial charge in [-0.25, -0.2) is 0 Å². The van der Waals surface area contributed by atoms with Crippen molar-refractivity contribution in [2.24, 2.45) is 5.92 Å². The maximum absolute atomic E-state index is 5.33. The predicted molar refractivity (Wildman–Crippen MR) is 79.2 cm³/mol. The highest BCUT2D eigenvalue weighted by Gasteiger charge is 2.12. The highest BCUT2D eigenvalue weighted by Crippen LogP contribution is 2.22. The van der Waals surface area contributed by atoms with E-state index in [9.17, 15) is 0 Å². The van der Waals surface area contributed by atoms with Crippen LogP contribution >= 0.6 is 0 Å². The van der Waals surface area contributed by atoms with Gasteiger partial charge in [0.25, 0.3) is 0 Å². The van der Waals surface area contributed by atoms with Crippen molar-refractivity contribution < 1.29 is 4.42 Å². The van der Waals surface area contributed by atoms with Crippen LogP contribution in [0, 0.1) is 12.8 Å². The fraction of sp³-hybridized carbons (Fsp3) is 0.750. The van der Waals surface area contributed by atoms with Crippen molar-refractivity contribution in [2.75, 3.05) is 26.7 Å². The van der Waals surface area contributed by atoms with Gasteiger partial charge in [-0.15, -0.1) is 0 Å². The van der Waals surface area contributed by atoms with Gasteiger partial charge in [-0.05, 0) is 45.3 Å². The predicted octanol–water partition coefficient (Wildman–Crippen LogP) is 3.19. The molecule has 0 bridgehead atoms. The molecule has 1 heterocycles. The van der Waals surface area contributed by atoms with Gasteiger partial charge in [0, 0.05) is 25.2 Å². The van der Waals surface area contributed by atoms with Crippen molar-refractivity contribution in [1.29, 1.82) is 0 Å². The Morgan fingerprint density at radius 1 is 1.32 bits per heavy atom. The minimum atomic E-state index is 0.926. The number of nitrogens with zero attached hydrogens (tertiary/aromatic N) is 1. The lowest BCUT2D eigenvalue weighted by Crippen LogP contribution is -2.32. The number of hydrogen-bond donors (Lipinski definition) is 1. The van der Waals surface area contributed by atoms with Crippen LogP contribution in [0.25, 0.3) is 0 Å². The molecule has 1 N–H and O–H groups in total. The lowest BCUT2D eigenvalue weighted by atomic mass is 9.89. The van der Waals surface area contributed by atoms with E-state index in [1.807, 2.05) is 6.92 Å². The molecule has 0 radical (unpaired) electrons. The topological polar surface area (TPSA) is 28.4 Å². The average Bonchev–Trinajstić information content (AvgIpc) is 2.82. The molecule has 108 valence electrons. The monoisotopic (exact) mass is 264 g/mol. The van der Waals surface area contributed by atoms with E-state index in [0.29, 0.717) is 0 Å². The third-order valence-electron chi connectivity index (χ3n) is 4.23. The summed E-state index contributed by atoms with van der Waals surface area (Å²) in [5.41, 5.74) is 1.30. The Bertz CT molecular complexity index is 355. The molecule has 3 heteroatoms. The lowest BCUT2D eigenvalue weighted by Gasteiger charge is -2.23. The molecule has 0 unspecified atom stereocenters. The first-order valence-electron chi connectivity index (χ1n) is 7.68. The molecule has 2 rings (SSSR count). The molecule has 0 saturated heterocycles. The molecule has 1 aliphatic carbocycles. The van der Waals surface area contributed by atoms with Crippen molar-refractivity contribution in [3.63, 3.8) is 0 Å². The largest absolute Gasteiger partial charge is 0.469 e. The Morgan fingerprint density at radius 3 is 2.79 bits per heavy atom. The lowest BCUT2D eigenvalue weighted by molar-refractivity contribution is 0.302. The van der Waals surface area contributed by atoms with E-state index in [1.165, 1.54) is 44.2 Å². The second kappa shape index (κ2) is 7.71. The number of hydrogen-bond acceptors (Lipinski definition) is 3. The molecule has 0 atom stereocenters. The number of aryl methyl sites for hydroxylation is 1. The molecule has 1 aromatic heterocycles. The Balaban J connectivity index is 1.56. The van der Waals surface area contributed by atoms with Gasteiger partial charge in [0.1, 0.15) is 5.76 Å². The number of rotatable bonds is 7. The molecule has 1 fully saturated rings. The van der Waals surface area contributed by atoms with Crippen molar-refractivity contribution in [2.45, 2.75) is 45.6 Å². The molecule has 3 nitrogen and oxygen atoms in total. The maximum Gasteiger partial charge on any atom is 0.105 e. The number of nitrogens with one attached hydrogen (secondary N) is 1. The van der Waals surface area contributed by atoms with E-state index in [2.05, 4.69) is 23.3 Å². The smallest absolute Gasteiger partial charge is 0.105 e. The zero-order chi connectivity index (χ0) is 13.5. The van der Waals surface area contributed by atoms with Crippen LogP contribution in [0.5, 0.6) is 0 Å². The fourth-order valence-corrected chi connectivity index (χ4v) is 2.91. The molecule has 0 aromatic carbocycles. The zero-order valence-electron chi connectivity index (χ0n) is 12.5. The fourth-order valence-electron chi connectivity index (χ4n) is 2.91. The summed E-state index contributed by atoms with van der Waals surface area (Å²) in [6.45, 7) is 6.40. The first kappa shape index (κ1) is 14.6. The summed E-state index contributed by atoms with van der Waals surface area (Å²) >= 11 is 0. The summed E-state index contributed by atoms with van der Waals surface area (Å²) < 4.78 is 5.33. The molecule has 1 saturated carbocycles. The SMILES string of the molecule is Cc1occc1CN(C)CCNCC1CCCCC1. The van der Waals surface area contributed by atoms with Crippen LogP contribution in [0.1, 0.15) is 43.4 Å². The highest BCUT2D eigenvalue weighted by molar-refractivity contribution is 5.14. The number of furan rings is 1. The number of likely N-dealkylation sites (N-methyl/N-ethyl adjacent to an activating group) is 1. The van der Waals surface area contributed by atoms with Crippen molar-refractivity contribution in [1.82, 2.24) is 10.2 Å². The summed E-state index contributed by atoms with van der Waals surface area (Å²) in [6, 6.07) is 2.07. The maximum atomic E-state index is 5.33. The summed E-state index contributed by atoms with van der Waals surface area (Å²) in [5, 5.41) is 3.62. The van der Waals surface area contributed by atoms with E-state index in [4.69, 9.17) is 4.42 Å². The van der Waals surface area contributed by atoms with Crippen LogP contribution in [-0.4, -0.2) is 31.6 Å². The van der Waals surface area contributed by atoms with Crippen LogP contribution in [0.3, 0.4) is 0 Å². The molecular formula is C16H28N2O. The summed E-state index contributed by atoms with van der Waals surface area (Å²) in [6.07, 6.45) is 8.95. The van der Waals surface area contributed by atoms with Gasteiger partial charge in [0.15, 0.2) is 0 Å². The van der Waals surface area contributed by atoms with E-state index < -0.39 is 0 Å². The molecular weight excluding hydrogens is 236 g/mol. The van der Waals surface area contributed by atoms with E-state index in [1.54, 1.807) is 6.26 Å². The molecule has 19 heavy (non-hydrogen) atoms. The third kappa shape index (κ3) is 5.00. The van der Waals surface area contributed by atoms with Crippen molar-refractivity contribution >= 4 is 0 Å². The Hall–Kier alpha value is -0.800. The Morgan fingerprint density at radius 2 is 2.11 bits per heavy atom. The summed E-state index contributed by atoms with van der Waals surface area (Å²) in [5.74, 6) is 1.97. The molecule has 1 aliphatic rings. The van der Waals surface area contributed by atoms with E-state index in [0.717, 1.165) is 31.3 Å². The van der Waals surface area contributed by atoms with Gasteiger partial charge in [0.2, 0.25) is 0 Å². The quantitative estimate of drug-likeness (QED) is 0.767. The average molecular weight is 264 g/mol. The molecule has 0 aliphatic heterocycles. The van der Waals surface area contributed by atoms with E-state index >= 15 is 0 Å². The van der Waals surface area contributed by atoms with Crippen LogP contribution < -0.4 is 5.32 Å². The minimum absolute atomic E-state index is 0.926. The molecule has 0 amide bonds. The van der Waals surface area contributed by atoms with Crippen LogP contribution in [0.15, 0.2) is 16.7 Å². The summed E-state index contributed by atoms with van der Waals surface area (Å²) in [4.78, 5) is 2.35. The summed E-state index contributed by atoms with van der Waals surface area (Å²) in [7, 11) is 2.18. The Kier molecular flexibility index (Phi) is 5.93. The van der Waals surface area contributed by atoms with Crippen LogP contribution in [0.4, 0.5) is 0 Å². The second-order valence-electron chi connectivity index (χ2n) is 5.95. The van der Waals surface area contributed by atoms with Gasteiger partial charge in [-0.1, -0.05) is 19.3 Å². The van der Waals surface area contributed by atoms with Crippen LogP contribution in [-0.2, 0) is 6.54 Å². The van der Waals surface area contributed by atoms with Gasteiger partial charge < -0.3 is 14.6 Å². The van der Waals surface area contributed by atoms with E-state index in [-0.39, 0.29) is 0 Å². The zero-order valence-corrected chi connectivity index (χ0v) is 12.5. The van der Waals surface area contributed by atoms with Gasteiger partial charge in [0.05, 0.1) is 6.26 Å². The Labute approximate surface area is 117 Å². The van der Waals surface area contributed by atoms with Gasteiger partial charge in [-0.2, -0.15) is 0 Å². The van der Waals surface area contributed by atoms with Gasteiger partial charge in [-0.3, -0.25) is 0 Å². The third-order valence-corrected chi connectivity index (χ3v) is 4.23.